The Morgan fingerprint density at radius 3 is 2.63 bits per heavy atom. The molecule has 0 spiro atoms. The number of H-pyrrole nitrogens is 1. The second-order valence-corrected chi connectivity index (χ2v) is 8.27. The first-order valence-corrected chi connectivity index (χ1v) is 10.5. The number of aryl methyl sites for hydroxylation is 1. The molecule has 0 saturated carbocycles. The van der Waals surface area contributed by atoms with Crippen molar-refractivity contribution in [3.63, 3.8) is 0 Å². The van der Waals surface area contributed by atoms with E-state index in [1.807, 2.05) is 13.8 Å². The van der Waals surface area contributed by atoms with Gasteiger partial charge in [0.2, 0.25) is 0 Å². The summed E-state index contributed by atoms with van der Waals surface area (Å²) in [6, 6.07) is 5.02. The molecule has 0 aliphatic carbocycles. The highest BCUT2D eigenvalue weighted by Crippen LogP contribution is 2.36. The SMILES string of the molecule is Cc1[nH]cnc1C1CCN(c2nc(OC(C)C)ncc2-c2ccc(F)c(Cl)c2)CC1. The maximum absolute atomic E-state index is 13.7. The van der Waals surface area contributed by atoms with E-state index in [1.54, 1.807) is 24.7 Å². The highest BCUT2D eigenvalue weighted by Gasteiger charge is 2.26. The minimum atomic E-state index is -0.446. The zero-order valence-electron chi connectivity index (χ0n) is 17.3. The molecule has 0 atom stereocenters. The summed E-state index contributed by atoms with van der Waals surface area (Å²) in [7, 11) is 0. The number of hydrogen-bond donors (Lipinski definition) is 1. The summed E-state index contributed by atoms with van der Waals surface area (Å²) in [5.41, 5.74) is 3.86. The van der Waals surface area contributed by atoms with Gasteiger partial charge in [0.25, 0.3) is 0 Å². The van der Waals surface area contributed by atoms with Gasteiger partial charge in [0.15, 0.2) is 0 Å². The fraction of sp³-hybridized carbons (Fsp3) is 0.409. The Labute approximate surface area is 180 Å². The van der Waals surface area contributed by atoms with E-state index < -0.39 is 5.82 Å². The monoisotopic (exact) mass is 429 g/mol. The standard InChI is InChI=1S/C22H25ClFN5O/c1-13(2)30-22-25-11-17(16-4-5-19(24)18(23)10-16)21(28-22)29-8-6-15(7-9-29)20-14(3)26-12-27-20/h4-5,10-13,15H,6-9H2,1-3H3,(H,26,27). The molecule has 0 unspecified atom stereocenters. The molecule has 0 amide bonds. The number of nitrogens with zero attached hydrogens (tertiary/aromatic N) is 4. The Morgan fingerprint density at radius 2 is 2.00 bits per heavy atom. The zero-order valence-corrected chi connectivity index (χ0v) is 18.1. The van der Waals surface area contributed by atoms with Crippen LogP contribution in [-0.4, -0.2) is 39.1 Å². The lowest BCUT2D eigenvalue weighted by Gasteiger charge is -2.33. The Morgan fingerprint density at radius 1 is 1.23 bits per heavy atom. The van der Waals surface area contributed by atoms with Crippen LogP contribution in [0.25, 0.3) is 11.1 Å². The van der Waals surface area contributed by atoms with Gasteiger partial charge in [-0.05, 0) is 51.3 Å². The third-order valence-electron chi connectivity index (χ3n) is 5.37. The fourth-order valence-corrected chi connectivity index (χ4v) is 4.06. The summed E-state index contributed by atoms with van der Waals surface area (Å²) in [6.07, 6.45) is 5.40. The van der Waals surface area contributed by atoms with Crippen molar-refractivity contribution in [1.82, 2.24) is 19.9 Å². The smallest absolute Gasteiger partial charge is 0.318 e. The van der Waals surface area contributed by atoms with Crippen molar-refractivity contribution in [3.8, 4) is 17.1 Å². The predicted molar refractivity (Wildman–Crippen MR) is 116 cm³/mol. The lowest BCUT2D eigenvalue weighted by molar-refractivity contribution is 0.222. The van der Waals surface area contributed by atoms with Crippen molar-refractivity contribution in [3.05, 3.63) is 53.0 Å². The molecule has 8 heteroatoms. The van der Waals surface area contributed by atoms with Crippen molar-refractivity contribution < 1.29 is 9.13 Å². The summed E-state index contributed by atoms with van der Waals surface area (Å²) in [4.78, 5) is 19.0. The molecule has 30 heavy (non-hydrogen) atoms. The first kappa shape index (κ1) is 20.6. The van der Waals surface area contributed by atoms with Crippen molar-refractivity contribution >= 4 is 17.4 Å². The van der Waals surface area contributed by atoms with Crippen LogP contribution in [0.3, 0.4) is 0 Å². The number of hydrogen-bond acceptors (Lipinski definition) is 5. The lowest BCUT2D eigenvalue weighted by atomic mass is 9.92. The van der Waals surface area contributed by atoms with Crippen LogP contribution in [0.4, 0.5) is 10.2 Å². The van der Waals surface area contributed by atoms with E-state index in [9.17, 15) is 4.39 Å². The Hall–Kier alpha value is -2.67. The summed E-state index contributed by atoms with van der Waals surface area (Å²) < 4.78 is 19.4. The van der Waals surface area contributed by atoms with Gasteiger partial charge in [0.05, 0.1) is 23.1 Å². The van der Waals surface area contributed by atoms with E-state index in [4.69, 9.17) is 21.3 Å². The third-order valence-corrected chi connectivity index (χ3v) is 5.66. The van der Waals surface area contributed by atoms with Crippen LogP contribution in [0.1, 0.15) is 44.0 Å². The predicted octanol–water partition coefficient (Wildman–Crippen LogP) is 5.14. The van der Waals surface area contributed by atoms with Gasteiger partial charge in [0.1, 0.15) is 11.6 Å². The van der Waals surface area contributed by atoms with Crippen LogP contribution >= 0.6 is 11.6 Å². The maximum Gasteiger partial charge on any atom is 0.318 e. The number of aromatic nitrogens is 4. The summed E-state index contributed by atoms with van der Waals surface area (Å²) in [6.45, 7) is 7.60. The number of rotatable bonds is 5. The molecular formula is C22H25ClFN5O. The number of halogens is 2. The zero-order chi connectivity index (χ0) is 21.3. The van der Waals surface area contributed by atoms with Gasteiger partial charge in [-0.3, -0.25) is 0 Å². The van der Waals surface area contributed by atoms with Crippen LogP contribution in [-0.2, 0) is 0 Å². The molecule has 158 valence electrons. The van der Waals surface area contributed by atoms with E-state index in [0.29, 0.717) is 11.9 Å². The molecule has 3 heterocycles. The van der Waals surface area contributed by atoms with Crippen molar-refractivity contribution in [1.29, 1.82) is 0 Å². The molecule has 1 aliphatic rings. The average Bonchev–Trinajstić information content (AvgIpc) is 3.16. The van der Waals surface area contributed by atoms with E-state index in [1.165, 1.54) is 6.07 Å². The first-order chi connectivity index (χ1) is 14.4. The average molecular weight is 430 g/mol. The number of aromatic amines is 1. The van der Waals surface area contributed by atoms with E-state index in [2.05, 4.69) is 26.8 Å². The van der Waals surface area contributed by atoms with Crippen LogP contribution in [0, 0.1) is 12.7 Å². The molecular weight excluding hydrogens is 405 g/mol. The van der Waals surface area contributed by atoms with Gasteiger partial charge >= 0.3 is 6.01 Å². The van der Waals surface area contributed by atoms with Crippen LogP contribution in [0.5, 0.6) is 6.01 Å². The number of nitrogens with one attached hydrogen (secondary N) is 1. The molecule has 3 aromatic rings. The van der Waals surface area contributed by atoms with Gasteiger partial charge in [-0.1, -0.05) is 17.7 Å². The number of piperidine rings is 1. The minimum Gasteiger partial charge on any atom is -0.461 e. The minimum absolute atomic E-state index is 0.0302. The third kappa shape index (κ3) is 4.26. The summed E-state index contributed by atoms with van der Waals surface area (Å²) in [5, 5.41) is 0.0775. The molecule has 1 saturated heterocycles. The van der Waals surface area contributed by atoms with Gasteiger partial charge in [0, 0.05) is 36.5 Å². The second-order valence-electron chi connectivity index (χ2n) is 7.86. The Kier molecular flexibility index (Phi) is 5.90. The molecule has 1 fully saturated rings. The van der Waals surface area contributed by atoms with Crippen LogP contribution < -0.4 is 9.64 Å². The number of anilines is 1. The molecule has 6 nitrogen and oxygen atoms in total. The van der Waals surface area contributed by atoms with Gasteiger partial charge < -0.3 is 14.6 Å². The molecule has 4 rings (SSSR count). The quantitative estimate of drug-likeness (QED) is 0.608. The molecule has 1 N–H and O–H groups in total. The highest BCUT2D eigenvalue weighted by molar-refractivity contribution is 6.31. The van der Waals surface area contributed by atoms with Gasteiger partial charge in [-0.15, -0.1) is 0 Å². The maximum atomic E-state index is 13.7. The Balaban J connectivity index is 1.64. The van der Waals surface area contributed by atoms with E-state index in [0.717, 1.165) is 54.3 Å². The highest BCUT2D eigenvalue weighted by atomic mass is 35.5. The lowest BCUT2D eigenvalue weighted by Crippen LogP contribution is -2.34. The van der Waals surface area contributed by atoms with Crippen molar-refractivity contribution in [2.45, 2.75) is 45.6 Å². The van der Waals surface area contributed by atoms with Gasteiger partial charge in [-0.25, -0.2) is 14.4 Å². The Bertz CT molecular complexity index is 1030. The topological polar surface area (TPSA) is 66.9 Å². The fourth-order valence-electron chi connectivity index (χ4n) is 3.88. The largest absolute Gasteiger partial charge is 0.461 e. The molecule has 2 aromatic heterocycles. The van der Waals surface area contributed by atoms with Crippen LogP contribution in [0.2, 0.25) is 5.02 Å². The summed E-state index contributed by atoms with van der Waals surface area (Å²) in [5.74, 6) is 0.753. The molecule has 1 aliphatic heterocycles. The molecule has 1 aromatic carbocycles. The normalized spacial score (nSPS) is 15.1. The van der Waals surface area contributed by atoms with Crippen molar-refractivity contribution in [2.75, 3.05) is 18.0 Å². The number of benzene rings is 1. The van der Waals surface area contributed by atoms with E-state index >= 15 is 0 Å². The van der Waals surface area contributed by atoms with Gasteiger partial charge in [-0.2, -0.15) is 4.98 Å². The van der Waals surface area contributed by atoms with Crippen LogP contribution in [0.15, 0.2) is 30.7 Å². The first-order valence-electron chi connectivity index (χ1n) is 10.2. The number of ether oxygens (including phenoxy) is 1. The van der Waals surface area contributed by atoms with E-state index in [-0.39, 0.29) is 11.1 Å². The summed E-state index contributed by atoms with van der Waals surface area (Å²) >= 11 is 6.03. The number of imidazole rings is 1. The molecule has 0 bridgehead atoms. The van der Waals surface area contributed by atoms with Crippen molar-refractivity contribution in [2.24, 2.45) is 0 Å². The second kappa shape index (κ2) is 8.60. The molecule has 0 radical (unpaired) electrons.